The fourth-order valence-corrected chi connectivity index (χ4v) is 2.73. The van der Waals surface area contributed by atoms with Crippen LogP contribution >= 0.6 is 24.8 Å². The molecule has 1 rings (SSSR count). The number of hydrogen-bond acceptors (Lipinski definition) is 0. The molecule has 0 saturated carbocycles. The van der Waals surface area contributed by atoms with Crippen molar-refractivity contribution in [3.8, 4) is 0 Å². The Kier molecular flexibility index (Phi) is 9.85. The Morgan fingerprint density at radius 3 is 2.33 bits per heavy atom. The number of halogens is 2. The van der Waals surface area contributed by atoms with Gasteiger partial charge in [-0.15, -0.1) is 24.8 Å². The third kappa shape index (κ3) is 4.35. The van der Waals surface area contributed by atoms with Crippen LogP contribution in [0.2, 0.25) is 4.68 Å². The molecule has 52 valence electrons. The Balaban J connectivity index is 0. The molecule has 0 nitrogen and oxygen atoms in total. The molecule has 9 heavy (non-hydrogen) atoms. The van der Waals surface area contributed by atoms with Crippen molar-refractivity contribution in [3.05, 3.63) is 21.6 Å². The molecular formula is C6H10Cl2Hf. The van der Waals surface area contributed by atoms with E-state index < -0.39 is 0 Å². The van der Waals surface area contributed by atoms with Crippen molar-refractivity contribution >= 4 is 24.8 Å². The van der Waals surface area contributed by atoms with Crippen molar-refractivity contribution in [2.75, 3.05) is 0 Å². The minimum atomic E-state index is -0.221. The van der Waals surface area contributed by atoms with Crippen molar-refractivity contribution in [2.24, 2.45) is 0 Å². The van der Waals surface area contributed by atoms with Crippen LogP contribution in [0, 0.1) is 0 Å². The van der Waals surface area contributed by atoms with Gasteiger partial charge in [0.15, 0.2) is 0 Å². The molecule has 0 radical (unpaired) electrons. The van der Waals surface area contributed by atoms with Crippen molar-refractivity contribution in [2.45, 2.75) is 11.1 Å². The summed E-state index contributed by atoms with van der Waals surface area (Å²) in [6.07, 6.45) is 7.97. The summed E-state index contributed by atoms with van der Waals surface area (Å²) in [5.41, 5.74) is 0. The molecule has 0 N–H and O–H groups in total. The first-order chi connectivity index (χ1) is 3.43. The predicted molar refractivity (Wildman–Crippen MR) is 42.2 cm³/mol. The van der Waals surface area contributed by atoms with Gasteiger partial charge in [-0.1, -0.05) is 0 Å². The van der Waals surface area contributed by atoms with Gasteiger partial charge in [0, 0.05) is 0 Å². The second-order valence-corrected chi connectivity index (χ2v) is 5.68. The van der Waals surface area contributed by atoms with E-state index in [1.807, 2.05) is 0 Å². The Morgan fingerprint density at radius 2 is 2.11 bits per heavy atom. The summed E-state index contributed by atoms with van der Waals surface area (Å²) in [7, 11) is 0. The summed E-state index contributed by atoms with van der Waals surface area (Å²) in [4.78, 5) is 0. The van der Waals surface area contributed by atoms with Crippen molar-refractivity contribution in [1.82, 2.24) is 0 Å². The van der Waals surface area contributed by atoms with Crippen LogP contribution in [0.25, 0.3) is 0 Å². The molecule has 0 spiro atoms. The van der Waals surface area contributed by atoms with Crippen LogP contribution in [0.15, 0.2) is 21.6 Å². The van der Waals surface area contributed by atoms with Crippen LogP contribution in [-0.2, 0) is 22.9 Å². The maximum atomic E-state index is 2.39. The molecule has 3 heteroatoms. The molecule has 0 aromatic rings. The first-order valence-electron chi connectivity index (χ1n) is 2.47. The predicted octanol–water partition coefficient (Wildman–Crippen LogP) is 2.80. The van der Waals surface area contributed by atoms with E-state index in [1.165, 1.54) is 6.42 Å². The van der Waals surface area contributed by atoms with Gasteiger partial charge in [-0.25, -0.2) is 0 Å². The van der Waals surface area contributed by atoms with Crippen LogP contribution in [0.1, 0.15) is 6.42 Å². The molecule has 0 fully saturated rings. The topological polar surface area (TPSA) is 0 Å². The minimum absolute atomic E-state index is 0. The van der Waals surface area contributed by atoms with Crippen molar-refractivity contribution in [1.29, 1.82) is 0 Å². The first kappa shape index (κ1) is 12.6. The average molecular weight is 332 g/mol. The Hall–Kier alpha value is 0.930. The molecule has 0 unspecified atom stereocenters. The summed E-state index contributed by atoms with van der Waals surface area (Å²) >= 11 is -0.221. The van der Waals surface area contributed by atoms with E-state index in [1.54, 1.807) is 3.33 Å². The molecule has 0 aliphatic heterocycles. The van der Waals surface area contributed by atoms with Crippen LogP contribution in [0.3, 0.4) is 0 Å². The normalized spacial score (nSPS) is 13.2. The molecule has 0 atom stereocenters. The summed E-state index contributed by atoms with van der Waals surface area (Å²) in [5, 5.41) is 0. The van der Waals surface area contributed by atoms with Gasteiger partial charge in [-0.3, -0.25) is 0 Å². The molecule has 1 aliphatic carbocycles. The molecule has 1 aliphatic rings. The molecule has 0 aromatic heterocycles. The zero-order chi connectivity index (χ0) is 5.11. The third-order valence-electron chi connectivity index (χ3n) is 1.09. The summed E-state index contributed by atoms with van der Waals surface area (Å²) < 4.78 is 4.14. The second kappa shape index (κ2) is 7.04. The van der Waals surface area contributed by atoms with Gasteiger partial charge in [-0.2, -0.15) is 0 Å². The van der Waals surface area contributed by atoms with Crippen molar-refractivity contribution in [3.63, 3.8) is 0 Å². The van der Waals surface area contributed by atoms with Gasteiger partial charge in [0.2, 0.25) is 0 Å². The SMILES string of the molecule is Cl.Cl.[CH3][Hf][C]1=CC=CC1. The number of hydrogen-bond donors (Lipinski definition) is 0. The van der Waals surface area contributed by atoms with E-state index in [-0.39, 0.29) is 47.7 Å². The molecule has 0 aromatic carbocycles. The summed E-state index contributed by atoms with van der Waals surface area (Å²) in [6, 6.07) is 0. The fraction of sp³-hybridized carbons (Fsp3) is 0.333. The van der Waals surface area contributed by atoms with Gasteiger partial charge >= 0.3 is 55.6 Å². The van der Waals surface area contributed by atoms with Crippen LogP contribution < -0.4 is 0 Å². The molecular weight excluding hydrogens is 321 g/mol. The zero-order valence-electron chi connectivity index (χ0n) is 5.26. The fourth-order valence-electron chi connectivity index (χ4n) is 0.633. The third-order valence-corrected chi connectivity index (χ3v) is 4.73. The van der Waals surface area contributed by atoms with Gasteiger partial charge in [0.05, 0.1) is 0 Å². The molecule has 0 bridgehead atoms. The average Bonchev–Trinajstić information content (AvgIpc) is 2.14. The second-order valence-electron chi connectivity index (χ2n) is 1.57. The first-order valence-corrected chi connectivity index (χ1v) is 7.86. The van der Waals surface area contributed by atoms with Crippen LogP contribution in [0.4, 0.5) is 0 Å². The van der Waals surface area contributed by atoms with E-state index in [0.717, 1.165) is 0 Å². The van der Waals surface area contributed by atoms with Gasteiger partial charge in [0.1, 0.15) is 0 Å². The van der Waals surface area contributed by atoms with E-state index in [2.05, 4.69) is 22.9 Å². The van der Waals surface area contributed by atoms with E-state index in [4.69, 9.17) is 0 Å². The van der Waals surface area contributed by atoms with E-state index in [0.29, 0.717) is 0 Å². The number of allylic oxidation sites excluding steroid dienone is 4. The summed E-state index contributed by atoms with van der Waals surface area (Å²) in [6.45, 7) is 0. The Labute approximate surface area is 80.0 Å². The molecule has 0 amide bonds. The van der Waals surface area contributed by atoms with Gasteiger partial charge in [-0.05, 0) is 0 Å². The van der Waals surface area contributed by atoms with Crippen molar-refractivity contribution < 1.29 is 22.9 Å². The van der Waals surface area contributed by atoms with Gasteiger partial charge < -0.3 is 0 Å². The Bertz CT molecular complexity index is 118. The monoisotopic (exact) mass is 332 g/mol. The number of rotatable bonds is 1. The zero-order valence-corrected chi connectivity index (χ0v) is 10.5. The molecule has 0 heterocycles. The Morgan fingerprint density at radius 1 is 1.44 bits per heavy atom. The van der Waals surface area contributed by atoms with E-state index >= 15 is 0 Å². The van der Waals surface area contributed by atoms with Crippen LogP contribution in [-0.4, -0.2) is 0 Å². The summed E-state index contributed by atoms with van der Waals surface area (Å²) in [5.74, 6) is 0. The van der Waals surface area contributed by atoms with Gasteiger partial charge in [0.25, 0.3) is 0 Å². The molecule has 0 saturated heterocycles. The standard InChI is InChI=1S/C5H5.CH3.2ClH.Hf/c1-2-4-5-3-1;;;;/h1-3H,4H2;1H3;2*1H;. The maximum absolute atomic E-state index is 2.39. The quantitative estimate of drug-likeness (QED) is 0.648. The van der Waals surface area contributed by atoms with Crippen LogP contribution in [0.5, 0.6) is 0 Å². The van der Waals surface area contributed by atoms with E-state index in [9.17, 15) is 0 Å².